The third-order valence-corrected chi connectivity index (χ3v) is 6.90. The molecule has 9 heteroatoms. The van der Waals surface area contributed by atoms with Crippen LogP contribution in [0, 0.1) is 31.1 Å². The zero-order valence-electron chi connectivity index (χ0n) is 15.7. The van der Waals surface area contributed by atoms with E-state index in [1.165, 1.54) is 4.31 Å². The number of sulfonamides is 1. The summed E-state index contributed by atoms with van der Waals surface area (Å²) in [4.78, 5) is 12.6. The van der Waals surface area contributed by atoms with E-state index in [9.17, 15) is 13.2 Å². The molecule has 0 aliphatic carbocycles. The molecule has 0 N–H and O–H groups in total. The molecule has 3 rings (SSSR count). The van der Waals surface area contributed by atoms with E-state index in [1.54, 1.807) is 38.1 Å². The highest BCUT2D eigenvalue weighted by atomic mass is 32.2. The third kappa shape index (κ3) is 3.93. The van der Waals surface area contributed by atoms with E-state index in [-0.39, 0.29) is 23.8 Å². The van der Waals surface area contributed by atoms with Crippen LogP contribution in [0.1, 0.15) is 35.4 Å². The van der Waals surface area contributed by atoms with Crippen molar-refractivity contribution in [3.8, 4) is 6.07 Å². The van der Waals surface area contributed by atoms with Crippen LogP contribution < -0.4 is 0 Å². The standard InChI is InChI=1S/C19H21N3O5S/c1-13-18(14(2)27-21-13)28(24,25)22-9-5-8-16(11-22)19(23)26-12-17-7-4-3-6-15(17)10-20/h3-4,6-7,16H,5,8-9,11-12H2,1-2H3. The minimum Gasteiger partial charge on any atom is -0.461 e. The Labute approximate surface area is 163 Å². The number of carbonyl (C=O) groups excluding carboxylic acids is 1. The summed E-state index contributed by atoms with van der Waals surface area (Å²) in [5.41, 5.74) is 1.37. The van der Waals surface area contributed by atoms with Crippen LogP contribution in [-0.4, -0.2) is 36.9 Å². The van der Waals surface area contributed by atoms with Gasteiger partial charge in [-0.15, -0.1) is 0 Å². The molecule has 1 fully saturated rings. The number of hydrogen-bond donors (Lipinski definition) is 0. The summed E-state index contributed by atoms with van der Waals surface area (Å²) >= 11 is 0. The van der Waals surface area contributed by atoms with Gasteiger partial charge >= 0.3 is 5.97 Å². The van der Waals surface area contributed by atoms with Crippen LogP contribution >= 0.6 is 0 Å². The predicted octanol–water partition coefficient (Wildman–Crippen LogP) is 2.31. The molecule has 28 heavy (non-hydrogen) atoms. The van der Waals surface area contributed by atoms with Crippen LogP contribution in [0.4, 0.5) is 0 Å². The number of nitrogens with zero attached hydrogens (tertiary/aromatic N) is 3. The van der Waals surface area contributed by atoms with E-state index in [4.69, 9.17) is 14.5 Å². The zero-order valence-corrected chi connectivity index (χ0v) is 16.5. The zero-order chi connectivity index (χ0) is 20.3. The lowest BCUT2D eigenvalue weighted by molar-refractivity contribution is -0.151. The second-order valence-electron chi connectivity index (χ2n) is 6.73. The van der Waals surface area contributed by atoms with Crippen molar-refractivity contribution in [2.24, 2.45) is 5.92 Å². The monoisotopic (exact) mass is 403 g/mol. The summed E-state index contributed by atoms with van der Waals surface area (Å²) in [5.74, 6) is -0.792. The Balaban J connectivity index is 1.69. The Morgan fingerprint density at radius 3 is 2.82 bits per heavy atom. The summed E-state index contributed by atoms with van der Waals surface area (Å²) in [5, 5.41) is 12.8. The van der Waals surface area contributed by atoms with Crippen LogP contribution in [0.25, 0.3) is 0 Å². The molecule has 1 saturated heterocycles. The third-order valence-electron chi connectivity index (χ3n) is 4.79. The van der Waals surface area contributed by atoms with E-state index >= 15 is 0 Å². The first-order valence-electron chi connectivity index (χ1n) is 8.92. The number of piperidine rings is 1. The molecule has 1 unspecified atom stereocenters. The average molecular weight is 403 g/mol. The van der Waals surface area contributed by atoms with E-state index in [1.807, 2.05) is 0 Å². The molecule has 148 valence electrons. The van der Waals surface area contributed by atoms with Crippen LogP contribution in [0.5, 0.6) is 0 Å². The van der Waals surface area contributed by atoms with Crippen LogP contribution in [0.3, 0.4) is 0 Å². The van der Waals surface area contributed by atoms with Crippen molar-refractivity contribution >= 4 is 16.0 Å². The topological polar surface area (TPSA) is 114 Å². The normalized spacial score (nSPS) is 17.8. The lowest BCUT2D eigenvalue weighted by Crippen LogP contribution is -2.43. The van der Waals surface area contributed by atoms with Crippen molar-refractivity contribution in [1.82, 2.24) is 9.46 Å². The molecular formula is C19H21N3O5S. The molecular weight excluding hydrogens is 382 g/mol. The Morgan fingerprint density at radius 2 is 2.14 bits per heavy atom. The first-order chi connectivity index (χ1) is 13.3. The Bertz CT molecular complexity index is 1000. The summed E-state index contributed by atoms with van der Waals surface area (Å²) < 4.78 is 37.6. The smallest absolute Gasteiger partial charge is 0.310 e. The van der Waals surface area contributed by atoms with Gasteiger partial charge < -0.3 is 9.26 Å². The van der Waals surface area contributed by atoms with Gasteiger partial charge in [-0.25, -0.2) is 8.42 Å². The van der Waals surface area contributed by atoms with Gasteiger partial charge in [0.05, 0.1) is 17.6 Å². The van der Waals surface area contributed by atoms with E-state index in [2.05, 4.69) is 11.2 Å². The van der Waals surface area contributed by atoms with Crippen LogP contribution in [-0.2, 0) is 26.2 Å². The highest BCUT2D eigenvalue weighted by Gasteiger charge is 2.37. The largest absolute Gasteiger partial charge is 0.461 e. The quantitative estimate of drug-likeness (QED) is 0.704. The summed E-state index contributed by atoms with van der Waals surface area (Å²) in [7, 11) is -3.80. The van der Waals surface area contributed by atoms with Gasteiger partial charge in [0.15, 0.2) is 5.76 Å². The number of aromatic nitrogens is 1. The Hall–Kier alpha value is -2.70. The van der Waals surface area contributed by atoms with Gasteiger partial charge in [0.25, 0.3) is 0 Å². The number of esters is 1. The van der Waals surface area contributed by atoms with Gasteiger partial charge in [0, 0.05) is 18.7 Å². The van der Waals surface area contributed by atoms with Gasteiger partial charge in [0.1, 0.15) is 17.2 Å². The van der Waals surface area contributed by atoms with Crippen molar-refractivity contribution in [2.75, 3.05) is 13.1 Å². The number of carbonyl (C=O) groups is 1. The SMILES string of the molecule is Cc1noc(C)c1S(=O)(=O)N1CCCC(C(=O)OCc2ccccc2C#N)C1. The summed E-state index contributed by atoms with van der Waals surface area (Å²) in [6, 6.07) is 8.94. The molecule has 1 atom stereocenters. The number of ether oxygens (including phenoxy) is 1. The molecule has 2 aromatic rings. The van der Waals surface area contributed by atoms with Crippen molar-refractivity contribution < 1.29 is 22.5 Å². The minimum absolute atomic E-state index is 0.0182. The van der Waals surface area contributed by atoms with E-state index in [0.29, 0.717) is 36.2 Å². The molecule has 1 aromatic carbocycles. The second-order valence-corrected chi connectivity index (χ2v) is 8.61. The average Bonchev–Trinajstić information content (AvgIpc) is 3.05. The molecule has 2 heterocycles. The fraction of sp³-hybridized carbons (Fsp3) is 0.421. The molecule has 1 aliphatic heterocycles. The van der Waals surface area contributed by atoms with Crippen molar-refractivity contribution in [3.63, 3.8) is 0 Å². The van der Waals surface area contributed by atoms with Crippen LogP contribution in [0.2, 0.25) is 0 Å². The van der Waals surface area contributed by atoms with E-state index in [0.717, 1.165) is 0 Å². The minimum atomic E-state index is -3.80. The number of aryl methyl sites for hydroxylation is 2. The first-order valence-corrected chi connectivity index (χ1v) is 10.4. The molecule has 0 amide bonds. The van der Waals surface area contributed by atoms with E-state index < -0.39 is 21.9 Å². The van der Waals surface area contributed by atoms with Gasteiger partial charge in [-0.05, 0) is 32.8 Å². The molecule has 0 bridgehead atoms. The predicted molar refractivity (Wildman–Crippen MR) is 98.4 cm³/mol. The lowest BCUT2D eigenvalue weighted by atomic mass is 10.00. The first kappa shape index (κ1) is 20.0. The fourth-order valence-corrected chi connectivity index (χ4v) is 5.16. The molecule has 0 radical (unpaired) electrons. The molecule has 0 saturated carbocycles. The number of hydrogen-bond acceptors (Lipinski definition) is 7. The molecule has 8 nitrogen and oxygen atoms in total. The fourth-order valence-electron chi connectivity index (χ4n) is 3.35. The van der Waals surface area contributed by atoms with Crippen LogP contribution in [0.15, 0.2) is 33.7 Å². The van der Waals surface area contributed by atoms with Gasteiger partial charge in [0.2, 0.25) is 10.0 Å². The van der Waals surface area contributed by atoms with Crippen molar-refractivity contribution in [2.45, 2.75) is 38.2 Å². The molecule has 1 aliphatic rings. The lowest BCUT2D eigenvalue weighted by Gasteiger charge is -2.30. The number of benzene rings is 1. The second kappa shape index (κ2) is 8.12. The summed E-state index contributed by atoms with van der Waals surface area (Å²) in [6.45, 7) is 3.48. The maximum absolute atomic E-state index is 13.0. The molecule has 1 aromatic heterocycles. The number of nitriles is 1. The number of rotatable bonds is 5. The van der Waals surface area contributed by atoms with Gasteiger partial charge in [-0.3, -0.25) is 4.79 Å². The Kier molecular flexibility index (Phi) is 5.82. The molecule has 0 spiro atoms. The highest BCUT2D eigenvalue weighted by molar-refractivity contribution is 7.89. The van der Waals surface area contributed by atoms with Crippen molar-refractivity contribution in [1.29, 1.82) is 5.26 Å². The maximum atomic E-state index is 13.0. The Morgan fingerprint density at radius 1 is 1.39 bits per heavy atom. The highest BCUT2D eigenvalue weighted by Crippen LogP contribution is 2.28. The van der Waals surface area contributed by atoms with Gasteiger partial charge in [-0.1, -0.05) is 23.4 Å². The van der Waals surface area contributed by atoms with Crippen molar-refractivity contribution in [3.05, 3.63) is 46.8 Å². The summed E-state index contributed by atoms with van der Waals surface area (Å²) in [6.07, 6.45) is 1.10. The maximum Gasteiger partial charge on any atom is 0.310 e. The van der Waals surface area contributed by atoms with Gasteiger partial charge in [-0.2, -0.15) is 9.57 Å².